The zero-order chi connectivity index (χ0) is 12.2. The molecule has 0 aromatic heterocycles. The molecule has 0 spiro atoms. The van der Waals surface area contributed by atoms with Crippen molar-refractivity contribution < 1.29 is 0 Å². The fourth-order valence-electron chi connectivity index (χ4n) is 2.72. The third kappa shape index (κ3) is 1.34. The first-order chi connectivity index (χ1) is 8.08. The van der Waals surface area contributed by atoms with Gasteiger partial charge in [0.05, 0.1) is 0 Å². The Morgan fingerprint density at radius 2 is 1.76 bits per heavy atom. The third-order valence-electron chi connectivity index (χ3n) is 3.75. The summed E-state index contributed by atoms with van der Waals surface area (Å²) >= 11 is 0. The van der Waals surface area contributed by atoms with E-state index in [1.54, 1.807) is 0 Å². The molecule has 0 saturated carbocycles. The smallest absolute Gasteiger partial charge is 0.0376 e. The molecule has 1 aliphatic carbocycles. The zero-order valence-electron chi connectivity index (χ0n) is 10.2. The minimum absolute atomic E-state index is 0.832. The van der Waals surface area contributed by atoms with Crippen LogP contribution in [0.1, 0.15) is 22.3 Å². The lowest BCUT2D eigenvalue weighted by atomic mass is 9.97. The molecular weight excluding hydrogens is 208 g/mol. The van der Waals surface area contributed by atoms with Gasteiger partial charge in [0.15, 0.2) is 0 Å². The SMILES string of the molecule is Cc1cc2c(c(C)c1N)Cc1cc(N)ccc1-2. The number of hydrogen-bond donors (Lipinski definition) is 2. The lowest BCUT2D eigenvalue weighted by molar-refractivity contribution is 1.21. The van der Waals surface area contributed by atoms with E-state index in [2.05, 4.69) is 32.0 Å². The van der Waals surface area contributed by atoms with Crippen LogP contribution in [0.15, 0.2) is 24.3 Å². The number of aryl methyl sites for hydroxylation is 1. The van der Waals surface area contributed by atoms with Gasteiger partial charge in [0.25, 0.3) is 0 Å². The van der Waals surface area contributed by atoms with Crippen molar-refractivity contribution in [1.82, 2.24) is 0 Å². The fourth-order valence-corrected chi connectivity index (χ4v) is 2.72. The maximum absolute atomic E-state index is 6.09. The van der Waals surface area contributed by atoms with E-state index < -0.39 is 0 Å². The Morgan fingerprint density at radius 3 is 2.53 bits per heavy atom. The number of nitrogen functional groups attached to an aromatic ring is 2. The topological polar surface area (TPSA) is 52.0 Å². The molecule has 0 atom stereocenters. The van der Waals surface area contributed by atoms with Crippen LogP contribution in [0, 0.1) is 13.8 Å². The highest BCUT2D eigenvalue weighted by molar-refractivity contribution is 5.82. The summed E-state index contributed by atoms with van der Waals surface area (Å²) < 4.78 is 0. The number of rotatable bonds is 0. The summed E-state index contributed by atoms with van der Waals surface area (Å²) in [5.41, 5.74) is 21.4. The number of nitrogens with two attached hydrogens (primary N) is 2. The van der Waals surface area contributed by atoms with Crippen molar-refractivity contribution in [2.24, 2.45) is 0 Å². The van der Waals surface area contributed by atoms with Crippen LogP contribution in [-0.4, -0.2) is 0 Å². The minimum atomic E-state index is 0.832. The molecule has 0 saturated heterocycles. The highest BCUT2D eigenvalue weighted by Crippen LogP contribution is 2.41. The average Bonchev–Trinajstić information content (AvgIpc) is 2.64. The van der Waals surface area contributed by atoms with Crippen molar-refractivity contribution in [2.75, 3.05) is 11.5 Å². The molecule has 0 fully saturated rings. The molecule has 86 valence electrons. The average molecular weight is 224 g/mol. The molecule has 0 aliphatic heterocycles. The Kier molecular flexibility index (Phi) is 1.96. The second-order valence-corrected chi connectivity index (χ2v) is 4.85. The van der Waals surface area contributed by atoms with Crippen molar-refractivity contribution in [3.05, 3.63) is 46.5 Å². The molecule has 0 radical (unpaired) electrons. The summed E-state index contributed by atoms with van der Waals surface area (Å²) in [4.78, 5) is 0. The van der Waals surface area contributed by atoms with E-state index in [0.717, 1.165) is 23.4 Å². The van der Waals surface area contributed by atoms with Crippen LogP contribution < -0.4 is 11.5 Å². The predicted molar refractivity (Wildman–Crippen MR) is 73.0 cm³/mol. The summed E-state index contributed by atoms with van der Waals surface area (Å²) in [6, 6.07) is 8.35. The monoisotopic (exact) mass is 224 g/mol. The van der Waals surface area contributed by atoms with Crippen molar-refractivity contribution >= 4 is 11.4 Å². The van der Waals surface area contributed by atoms with E-state index in [9.17, 15) is 0 Å². The number of anilines is 2. The van der Waals surface area contributed by atoms with Gasteiger partial charge in [-0.25, -0.2) is 0 Å². The molecule has 2 nitrogen and oxygen atoms in total. The van der Waals surface area contributed by atoms with Gasteiger partial charge in [-0.15, -0.1) is 0 Å². The Balaban J connectivity index is 2.30. The van der Waals surface area contributed by atoms with E-state index in [-0.39, 0.29) is 0 Å². The molecule has 0 unspecified atom stereocenters. The zero-order valence-corrected chi connectivity index (χ0v) is 10.2. The fraction of sp³-hybridized carbons (Fsp3) is 0.200. The van der Waals surface area contributed by atoms with Crippen LogP contribution in [0.25, 0.3) is 11.1 Å². The molecule has 4 N–H and O–H groups in total. The third-order valence-corrected chi connectivity index (χ3v) is 3.75. The van der Waals surface area contributed by atoms with Gasteiger partial charge in [-0.1, -0.05) is 6.07 Å². The lowest BCUT2D eigenvalue weighted by Crippen LogP contribution is -1.97. The molecule has 2 heteroatoms. The first-order valence-electron chi connectivity index (χ1n) is 5.85. The summed E-state index contributed by atoms with van der Waals surface area (Å²) in [6.45, 7) is 4.17. The normalized spacial score (nSPS) is 12.4. The first-order valence-corrected chi connectivity index (χ1v) is 5.85. The van der Waals surface area contributed by atoms with Gasteiger partial charge in [0.1, 0.15) is 0 Å². The van der Waals surface area contributed by atoms with Crippen LogP contribution in [-0.2, 0) is 6.42 Å². The second kappa shape index (κ2) is 3.27. The Morgan fingerprint density at radius 1 is 1.00 bits per heavy atom. The Hall–Kier alpha value is -1.96. The van der Waals surface area contributed by atoms with Gasteiger partial charge >= 0.3 is 0 Å². The maximum Gasteiger partial charge on any atom is 0.0376 e. The van der Waals surface area contributed by atoms with Gasteiger partial charge in [0, 0.05) is 11.4 Å². The van der Waals surface area contributed by atoms with Crippen LogP contribution in [0.3, 0.4) is 0 Å². The molecule has 1 aliphatic rings. The second-order valence-electron chi connectivity index (χ2n) is 4.85. The number of fused-ring (bicyclic) bond motifs is 3. The Labute approximate surface area is 101 Å². The first kappa shape index (κ1) is 10.2. The van der Waals surface area contributed by atoms with Crippen LogP contribution in [0.4, 0.5) is 11.4 Å². The molecule has 0 bridgehead atoms. The standard InChI is InChI=1S/C15H16N2/c1-8-5-14-12-4-3-11(16)6-10(12)7-13(14)9(2)15(8)17/h3-6H,7,16-17H2,1-2H3. The molecule has 17 heavy (non-hydrogen) atoms. The van der Waals surface area contributed by atoms with Crippen molar-refractivity contribution in [3.63, 3.8) is 0 Å². The predicted octanol–water partition coefficient (Wildman–Crippen LogP) is 3.04. The summed E-state index contributed by atoms with van der Waals surface area (Å²) in [5.74, 6) is 0. The summed E-state index contributed by atoms with van der Waals surface area (Å²) in [7, 11) is 0. The highest BCUT2D eigenvalue weighted by Gasteiger charge is 2.21. The minimum Gasteiger partial charge on any atom is -0.399 e. The number of hydrogen-bond acceptors (Lipinski definition) is 2. The summed E-state index contributed by atoms with van der Waals surface area (Å²) in [6.07, 6.45) is 0.950. The quantitative estimate of drug-likeness (QED) is 0.577. The lowest BCUT2D eigenvalue weighted by Gasteiger charge is -2.10. The van der Waals surface area contributed by atoms with Crippen LogP contribution >= 0.6 is 0 Å². The van der Waals surface area contributed by atoms with E-state index >= 15 is 0 Å². The molecule has 0 amide bonds. The molecule has 3 rings (SSSR count). The number of benzene rings is 2. The van der Waals surface area contributed by atoms with Crippen LogP contribution in [0.2, 0.25) is 0 Å². The molecular formula is C15H16N2. The van der Waals surface area contributed by atoms with Crippen molar-refractivity contribution in [2.45, 2.75) is 20.3 Å². The van der Waals surface area contributed by atoms with Gasteiger partial charge in [0.2, 0.25) is 0 Å². The maximum atomic E-state index is 6.09. The summed E-state index contributed by atoms with van der Waals surface area (Å²) in [5, 5.41) is 0. The highest BCUT2D eigenvalue weighted by atomic mass is 14.6. The van der Waals surface area contributed by atoms with Gasteiger partial charge in [-0.3, -0.25) is 0 Å². The van der Waals surface area contributed by atoms with Gasteiger partial charge in [-0.2, -0.15) is 0 Å². The van der Waals surface area contributed by atoms with Crippen LogP contribution in [0.5, 0.6) is 0 Å². The molecule has 2 aromatic rings. The Bertz CT molecular complexity index is 627. The molecule has 0 heterocycles. The molecule has 2 aromatic carbocycles. The van der Waals surface area contributed by atoms with Crippen molar-refractivity contribution in [3.8, 4) is 11.1 Å². The van der Waals surface area contributed by atoms with E-state index in [1.807, 2.05) is 6.07 Å². The van der Waals surface area contributed by atoms with Crippen molar-refractivity contribution in [1.29, 1.82) is 0 Å². The van der Waals surface area contributed by atoms with E-state index in [1.165, 1.54) is 27.8 Å². The largest absolute Gasteiger partial charge is 0.399 e. The van der Waals surface area contributed by atoms with E-state index in [0.29, 0.717) is 0 Å². The van der Waals surface area contributed by atoms with Gasteiger partial charge in [-0.05, 0) is 71.8 Å². The van der Waals surface area contributed by atoms with E-state index in [4.69, 9.17) is 11.5 Å². The van der Waals surface area contributed by atoms with Gasteiger partial charge < -0.3 is 11.5 Å².